The van der Waals surface area contributed by atoms with Gasteiger partial charge < -0.3 is 108 Å². The fourth-order valence-electron chi connectivity index (χ4n) is 0. The van der Waals surface area contributed by atoms with Crippen LogP contribution in [0.3, 0.4) is 0 Å². The molecule has 27 heteroatoms. The van der Waals surface area contributed by atoms with E-state index < -0.39 is 30.8 Å². The third kappa shape index (κ3) is 39000. The molecule has 0 bridgehead atoms. The first-order valence-electron chi connectivity index (χ1n) is 3.06. The standard InChI is InChI=1S/5CH2O3.3Al.3Co.6H2O/c5*2-1(3)4;;;;;;;;;;;;/h5*(H2,2,3,4);;;;;;;6*1H2/q;;;;;3*+3;3*+2;;;;;;/p-15. The van der Waals surface area contributed by atoms with Gasteiger partial charge in [0.15, 0.2) is 0 Å². The van der Waals surface area contributed by atoms with Crippen LogP contribution in [0.4, 0.5) is 24.0 Å². The van der Waals surface area contributed by atoms with Gasteiger partial charge >= 0.3 is 102 Å². The monoisotopic (exact) mass is 661 g/mol. The van der Waals surface area contributed by atoms with Crippen molar-refractivity contribution in [3.05, 3.63) is 0 Å². The van der Waals surface area contributed by atoms with Crippen molar-refractivity contribution in [1.82, 2.24) is 0 Å². The number of hydrogen-bond donors (Lipinski definition) is 0. The number of rotatable bonds is 0. The zero-order chi connectivity index (χ0) is 17.9. The summed E-state index contributed by atoms with van der Waals surface area (Å²) in [4.78, 5) is 41.7. The molecule has 0 aromatic carbocycles. The third-order valence-corrected chi connectivity index (χ3v) is 0. The summed E-state index contributed by atoms with van der Waals surface area (Å²) < 4.78 is 0. The zero-order valence-electron chi connectivity index (χ0n) is 14.1. The maximum Gasteiger partial charge on any atom is 3.00 e. The minimum absolute atomic E-state index is 0. The van der Waals surface area contributed by atoms with Crippen LogP contribution in [0.1, 0.15) is 0 Å². The summed E-state index contributed by atoms with van der Waals surface area (Å²) in [5, 5.41) is 83.3. The molecule has 0 spiro atoms. The van der Waals surface area contributed by atoms with Gasteiger partial charge in [-0.25, -0.2) is 0 Å². The van der Waals surface area contributed by atoms with Crippen molar-refractivity contribution in [2.45, 2.75) is 0 Å². The van der Waals surface area contributed by atoms with Crippen molar-refractivity contribution >= 4 is 82.9 Å². The predicted molar refractivity (Wildman–Crippen MR) is 57.5 cm³/mol. The smallest absolute Gasteiger partial charge is 0.870 e. The Morgan fingerprint density at radius 2 is 0.312 bits per heavy atom. The maximum absolute atomic E-state index is 8.33. The van der Waals surface area contributed by atoms with Crippen LogP contribution >= 0.6 is 0 Å². The molecule has 0 aromatic rings. The molecule has 189 valence electrons. The first-order chi connectivity index (χ1) is 8.66. The SMILES string of the molecule is O.O=C([O-])[O-].O=C([O-])[O-].O=C([O-])[O-].O=C([O-])[O-].O=C([O-])[O-].[Al+3].[Al+3].[Al+3].[Co+2].[Co+2].[Co+2].[OH-].[OH-].[OH-].[OH-].[OH-]. The molecule has 0 aliphatic rings. The Kier molecular flexibility index (Phi) is 562. The Labute approximate surface area is 239 Å². The first kappa shape index (κ1) is 141. The van der Waals surface area contributed by atoms with E-state index in [1.807, 2.05) is 0 Å². The van der Waals surface area contributed by atoms with Gasteiger partial charge in [0.25, 0.3) is 0 Å². The Hall–Kier alpha value is -0.773. The van der Waals surface area contributed by atoms with Gasteiger partial charge in [0, 0.05) is 0 Å². The van der Waals surface area contributed by atoms with Crippen LogP contribution in [0.25, 0.3) is 0 Å². The topological polar surface area (TPSA) is 497 Å². The minimum atomic E-state index is -2.33. The fourth-order valence-corrected chi connectivity index (χ4v) is 0. The van der Waals surface area contributed by atoms with Gasteiger partial charge in [-0.15, -0.1) is 0 Å². The van der Waals surface area contributed by atoms with Crippen molar-refractivity contribution in [3.8, 4) is 0 Å². The molecule has 0 saturated heterocycles. The minimum Gasteiger partial charge on any atom is -0.870 e. The van der Waals surface area contributed by atoms with E-state index in [0.29, 0.717) is 0 Å². The molecule has 3 radical (unpaired) electrons. The summed E-state index contributed by atoms with van der Waals surface area (Å²) in [6.45, 7) is 0. The van der Waals surface area contributed by atoms with Gasteiger partial charge in [-0.2, -0.15) is 0 Å². The van der Waals surface area contributed by atoms with E-state index in [2.05, 4.69) is 0 Å². The van der Waals surface area contributed by atoms with Crippen LogP contribution in [0, 0.1) is 0 Å². The largest absolute Gasteiger partial charge is 3.00 e. The quantitative estimate of drug-likeness (QED) is 0.217. The second-order valence-corrected chi connectivity index (χ2v) is 1.25. The molecular weight excluding hydrogens is 654 g/mol. The Morgan fingerprint density at radius 3 is 0.312 bits per heavy atom. The van der Waals surface area contributed by atoms with Gasteiger partial charge in [0.1, 0.15) is 0 Å². The number of carbonyl (C=O) groups is 5. The normalized spacial score (nSPS) is 3.75. The summed E-state index contributed by atoms with van der Waals surface area (Å²) in [5.41, 5.74) is 0. The van der Waals surface area contributed by atoms with E-state index in [1.165, 1.54) is 0 Å². The van der Waals surface area contributed by atoms with Crippen molar-refractivity contribution in [1.29, 1.82) is 0 Å². The molecular formula is C5H7Al3Co3O21. The van der Waals surface area contributed by atoms with Crippen LogP contribution in [0.2, 0.25) is 0 Å². The Bertz CT molecular complexity index is 231. The molecule has 0 aliphatic heterocycles. The zero-order valence-corrected chi connectivity index (χ0v) is 20.7. The first-order valence-corrected chi connectivity index (χ1v) is 3.06. The van der Waals surface area contributed by atoms with E-state index in [1.54, 1.807) is 0 Å². The molecule has 0 fully saturated rings. The van der Waals surface area contributed by atoms with Crippen molar-refractivity contribution in [2.24, 2.45) is 0 Å². The van der Waals surface area contributed by atoms with E-state index in [0.717, 1.165) is 0 Å². The van der Waals surface area contributed by atoms with Crippen LogP contribution in [-0.2, 0) is 50.3 Å². The molecule has 21 nitrogen and oxygen atoms in total. The van der Waals surface area contributed by atoms with Crippen LogP contribution in [0.5, 0.6) is 0 Å². The van der Waals surface area contributed by atoms with Crippen molar-refractivity contribution in [2.75, 3.05) is 0 Å². The average molecular weight is 661 g/mol. The van der Waals surface area contributed by atoms with Gasteiger partial charge in [0.05, 0.1) is 0 Å². The molecule has 0 amide bonds. The molecule has 0 aliphatic carbocycles. The molecule has 32 heavy (non-hydrogen) atoms. The molecule has 0 heterocycles. The summed E-state index contributed by atoms with van der Waals surface area (Å²) in [5.74, 6) is 0. The predicted octanol–water partition coefficient (Wildman–Crippen LogP) is -15.1. The molecule has 0 atom stereocenters. The van der Waals surface area contributed by atoms with E-state index in [9.17, 15) is 0 Å². The maximum atomic E-state index is 8.33. The Balaban J connectivity index is -0.00000000536. The average Bonchev–Trinajstić information content (AvgIpc) is 1.94. The van der Waals surface area contributed by atoms with Gasteiger partial charge in [0.2, 0.25) is 0 Å². The molecule has 0 aromatic heterocycles. The number of hydrogen-bond acceptors (Lipinski definition) is 20. The van der Waals surface area contributed by atoms with E-state index in [4.69, 9.17) is 75.0 Å². The molecule has 7 N–H and O–H groups in total. The second kappa shape index (κ2) is 128. The summed E-state index contributed by atoms with van der Waals surface area (Å²) in [6.07, 6.45) is -11.7. The fraction of sp³-hybridized carbons (Fsp3) is 0. The number of carboxylic acid groups (broad SMARTS) is 10. The van der Waals surface area contributed by atoms with Crippen LogP contribution in [-0.4, -0.2) is 116 Å². The molecule has 0 unspecified atom stereocenters. The van der Waals surface area contributed by atoms with E-state index in [-0.39, 0.29) is 135 Å². The second-order valence-electron chi connectivity index (χ2n) is 1.25. The van der Waals surface area contributed by atoms with Crippen molar-refractivity contribution in [3.63, 3.8) is 0 Å². The summed E-state index contributed by atoms with van der Waals surface area (Å²) in [7, 11) is 0. The van der Waals surface area contributed by atoms with Gasteiger partial charge in [-0.05, 0) is 30.8 Å². The Morgan fingerprint density at radius 1 is 0.312 bits per heavy atom. The van der Waals surface area contributed by atoms with E-state index >= 15 is 0 Å². The summed E-state index contributed by atoms with van der Waals surface area (Å²) >= 11 is 0. The summed E-state index contributed by atoms with van der Waals surface area (Å²) in [6, 6.07) is 0. The number of carbonyl (C=O) groups excluding carboxylic acids is 5. The van der Waals surface area contributed by atoms with Crippen LogP contribution < -0.4 is 51.1 Å². The van der Waals surface area contributed by atoms with Gasteiger partial charge in [-0.3, -0.25) is 0 Å². The van der Waals surface area contributed by atoms with Crippen molar-refractivity contribution < 1.29 is 158 Å². The van der Waals surface area contributed by atoms with Gasteiger partial charge in [-0.1, -0.05) is 0 Å². The third-order valence-electron chi connectivity index (χ3n) is 0. The molecule has 0 rings (SSSR count). The van der Waals surface area contributed by atoms with Crippen LogP contribution in [0.15, 0.2) is 0 Å². The molecule has 0 saturated carbocycles.